The average molecular weight is 532 g/mol. The number of ether oxygens (including phenoxy) is 2. The lowest BCUT2D eigenvalue weighted by Gasteiger charge is -2.15. The van der Waals surface area contributed by atoms with Crippen LogP contribution in [0.3, 0.4) is 0 Å². The maximum atomic E-state index is 12.3. The van der Waals surface area contributed by atoms with Crippen LogP contribution in [-0.4, -0.2) is 49.5 Å². The second-order valence-electron chi connectivity index (χ2n) is 6.49. The summed E-state index contributed by atoms with van der Waals surface area (Å²) in [6.45, 7) is 2.70. The first-order valence-corrected chi connectivity index (χ1v) is 14.4. The Balaban J connectivity index is 2.33. The third-order valence-corrected chi connectivity index (χ3v) is 8.26. The van der Waals surface area contributed by atoms with Crippen molar-refractivity contribution in [3.05, 3.63) is 29.8 Å². The predicted molar refractivity (Wildman–Crippen MR) is 123 cm³/mol. The van der Waals surface area contributed by atoms with Gasteiger partial charge in [0.15, 0.2) is 11.5 Å². The molecule has 0 bridgehead atoms. The summed E-state index contributed by atoms with van der Waals surface area (Å²) >= 11 is 12.4. The van der Waals surface area contributed by atoms with Crippen molar-refractivity contribution >= 4 is 52.2 Å². The van der Waals surface area contributed by atoms with Crippen molar-refractivity contribution in [2.24, 2.45) is 0 Å². The Labute approximate surface area is 195 Å². The van der Waals surface area contributed by atoms with E-state index in [-0.39, 0.29) is 4.21 Å². The van der Waals surface area contributed by atoms with Crippen molar-refractivity contribution in [3.8, 4) is 21.9 Å². The molecule has 0 saturated carbocycles. The third-order valence-electron chi connectivity index (χ3n) is 3.93. The van der Waals surface area contributed by atoms with Crippen LogP contribution in [0.2, 0.25) is 0 Å². The highest BCUT2D eigenvalue weighted by molar-refractivity contribution is 7.92. The van der Waals surface area contributed by atoms with Gasteiger partial charge in [0.05, 0.1) is 13.2 Å². The van der Waals surface area contributed by atoms with E-state index < -0.39 is 23.9 Å². The number of rotatable bonds is 13. The van der Waals surface area contributed by atoms with Gasteiger partial charge in [-0.25, -0.2) is 8.42 Å². The van der Waals surface area contributed by atoms with Gasteiger partial charge in [0.2, 0.25) is 0 Å². The number of benzene rings is 1. The molecule has 0 aliphatic heterocycles. The van der Waals surface area contributed by atoms with E-state index in [1.807, 2.05) is 17.7 Å². The summed E-state index contributed by atoms with van der Waals surface area (Å²) in [5.41, 5.74) is 1.60. The second kappa shape index (κ2) is 11.9. The molecule has 1 aromatic carbocycles. The zero-order valence-corrected chi connectivity index (χ0v) is 20.8. The van der Waals surface area contributed by atoms with Crippen LogP contribution < -0.4 is 14.2 Å². The van der Waals surface area contributed by atoms with Crippen molar-refractivity contribution in [2.75, 3.05) is 31.3 Å². The highest BCUT2D eigenvalue weighted by atomic mass is 35.5. The first-order chi connectivity index (χ1) is 14.6. The molecule has 0 radical (unpaired) electrons. The van der Waals surface area contributed by atoms with Gasteiger partial charge in [-0.05, 0) is 55.2 Å². The Morgan fingerprint density at radius 1 is 1.06 bits per heavy atom. The van der Waals surface area contributed by atoms with Crippen LogP contribution in [0.4, 0.5) is 0 Å². The maximum Gasteiger partial charge on any atom is 0.340 e. The summed E-state index contributed by atoms with van der Waals surface area (Å²) in [5, 5.41) is 0. The van der Waals surface area contributed by atoms with Gasteiger partial charge in [0, 0.05) is 16.6 Å². The van der Waals surface area contributed by atoms with E-state index in [1.54, 1.807) is 12.1 Å². The van der Waals surface area contributed by atoms with Gasteiger partial charge in [0.1, 0.15) is 10.5 Å². The third kappa shape index (κ3) is 8.22. The second-order valence-corrected chi connectivity index (χ2v) is 12.0. The van der Waals surface area contributed by atoms with Crippen LogP contribution in [-0.2, 0) is 14.6 Å². The minimum Gasteiger partial charge on any atom is -0.490 e. The van der Waals surface area contributed by atoms with E-state index in [1.165, 1.54) is 6.07 Å². The van der Waals surface area contributed by atoms with Crippen LogP contribution in [0, 0.1) is 6.92 Å². The fraction of sp³-hybridized carbons (Fsp3) is 0.444. The Bertz CT molecular complexity index is 1020. The smallest absolute Gasteiger partial charge is 0.340 e. The lowest BCUT2D eigenvalue weighted by Crippen LogP contribution is -2.23. The molecular formula is C18H24Cl2NO7PS2. The lowest BCUT2D eigenvalue weighted by molar-refractivity contribution is 0.269. The fourth-order valence-electron chi connectivity index (χ4n) is 2.48. The highest BCUT2D eigenvalue weighted by Crippen LogP contribution is 2.40. The molecule has 31 heavy (non-hydrogen) atoms. The van der Waals surface area contributed by atoms with Gasteiger partial charge in [0.25, 0.3) is 10.0 Å². The Morgan fingerprint density at radius 2 is 1.65 bits per heavy atom. The number of nitrogens with one attached hydrogen (secondary N) is 1. The number of hydrogen-bond acceptors (Lipinski definition) is 6. The number of thiophene rings is 1. The molecule has 0 fully saturated rings. The van der Waals surface area contributed by atoms with Gasteiger partial charge in [-0.2, -0.15) is 4.72 Å². The number of sulfonamides is 1. The Morgan fingerprint density at radius 3 is 2.19 bits per heavy atom. The number of aryl methyl sites for hydroxylation is 1. The normalized spacial score (nSPS) is 12.2. The molecule has 8 nitrogen and oxygen atoms in total. The zero-order valence-electron chi connectivity index (χ0n) is 16.7. The van der Waals surface area contributed by atoms with Crippen molar-refractivity contribution in [1.82, 2.24) is 4.72 Å². The molecule has 13 heteroatoms. The molecule has 0 aliphatic rings. The minimum atomic E-state index is -4.51. The molecule has 0 unspecified atom stereocenters. The molecule has 3 N–H and O–H groups in total. The highest BCUT2D eigenvalue weighted by Gasteiger charge is 2.23. The van der Waals surface area contributed by atoms with Crippen molar-refractivity contribution < 1.29 is 32.2 Å². The van der Waals surface area contributed by atoms with E-state index in [0.717, 1.165) is 22.5 Å². The monoisotopic (exact) mass is 531 g/mol. The molecule has 2 aromatic rings. The lowest BCUT2D eigenvalue weighted by atomic mass is 10.1. The fourth-order valence-corrected chi connectivity index (χ4v) is 6.14. The van der Waals surface area contributed by atoms with Gasteiger partial charge in [-0.3, -0.25) is 4.57 Å². The van der Waals surface area contributed by atoms with Gasteiger partial charge < -0.3 is 19.3 Å². The minimum absolute atomic E-state index is 0.0533. The van der Waals surface area contributed by atoms with E-state index in [0.29, 0.717) is 54.2 Å². The number of alkyl halides is 2. The summed E-state index contributed by atoms with van der Waals surface area (Å²) in [5.74, 6) is 2.00. The largest absolute Gasteiger partial charge is 0.490 e. The Kier molecular flexibility index (Phi) is 10.1. The standard InChI is InChI=1S/C18H24Cl2NO7PS2/c1-13-10-15(27-8-2-6-19)16(28-9-3-7-20)11-14(13)17-4-5-18(30-17)31(25,26)21-12-29(22,23)24/h4-5,10-11,21H,2-3,6-9,12H2,1H3,(H2,22,23,24). The quantitative estimate of drug-likeness (QED) is 0.201. The average Bonchev–Trinajstić information content (AvgIpc) is 3.19. The molecule has 1 aromatic heterocycles. The number of halogens is 2. The molecule has 1 heterocycles. The molecule has 0 aliphatic carbocycles. The summed E-state index contributed by atoms with van der Waals surface area (Å²) < 4.78 is 49.1. The van der Waals surface area contributed by atoms with E-state index >= 15 is 0 Å². The van der Waals surface area contributed by atoms with Crippen LogP contribution in [0.25, 0.3) is 10.4 Å². The van der Waals surface area contributed by atoms with Crippen LogP contribution in [0.5, 0.6) is 11.5 Å². The summed E-state index contributed by atoms with van der Waals surface area (Å²) in [4.78, 5) is 18.5. The van der Waals surface area contributed by atoms with Gasteiger partial charge in [-0.15, -0.1) is 34.5 Å². The van der Waals surface area contributed by atoms with Gasteiger partial charge in [-0.1, -0.05) is 0 Å². The van der Waals surface area contributed by atoms with E-state index in [4.69, 9.17) is 42.5 Å². The van der Waals surface area contributed by atoms with Crippen molar-refractivity contribution in [2.45, 2.75) is 24.0 Å². The summed E-state index contributed by atoms with van der Waals surface area (Å²) in [6.07, 6.45) is 0.365. The zero-order chi connectivity index (χ0) is 23.1. The molecule has 0 amide bonds. The summed E-state index contributed by atoms with van der Waals surface area (Å²) in [6, 6.07) is 6.63. The number of hydrogen-bond donors (Lipinski definition) is 3. The van der Waals surface area contributed by atoms with Crippen LogP contribution in [0.1, 0.15) is 18.4 Å². The van der Waals surface area contributed by atoms with Crippen LogP contribution >= 0.6 is 42.1 Å². The first-order valence-electron chi connectivity index (χ1n) is 9.24. The molecule has 2 rings (SSSR count). The molecule has 174 valence electrons. The maximum absolute atomic E-state index is 12.3. The van der Waals surface area contributed by atoms with E-state index in [9.17, 15) is 13.0 Å². The topological polar surface area (TPSA) is 122 Å². The first kappa shape index (κ1) is 26.4. The molecule has 0 spiro atoms. The molecule has 0 atom stereocenters. The van der Waals surface area contributed by atoms with Crippen molar-refractivity contribution in [1.29, 1.82) is 0 Å². The van der Waals surface area contributed by atoms with Crippen molar-refractivity contribution in [3.63, 3.8) is 0 Å². The SMILES string of the molecule is Cc1cc(OCCCCl)c(OCCCCl)cc1-c1ccc(S(=O)(=O)NCP(=O)(O)O)s1. The predicted octanol–water partition coefficient (Wildman–Crippen LogP) is 4.15. The Hall–Kier alpha value is -0.840. The van der Waals surface area contributed by atoms with E-state index in [2.05, 4.69) is 0 Å². The summed E-state index contributed by atoms with van der Waals surface area (Å²) in [7, 11) is -8.56. The van der Waals surface area contributed by atoms with Gasteiger partial charge >= 0.3 is 7.60 Å². The van der Waals surface area contributed by atoms with Crippen LogP contribution in [0.15, 0.2) is 28.5 Å². The molecular weight excluding hydrogens is 508 g/mol. The molecule has 0 saturated heterocycles.